The van der Waals surface area contributed by atoms with Crippen LogP contribution < -0.4 is 0 Å². The number of hydrogen-bond donors (Lipinski definition) is 2. The summed E-state index contributed by atoms with van der Waals surface area (Å²) in [6, 6.07) is 0. The Bertz CT molecular complexity index is 289. The van der Waals surface area contributed by atoms with Crippen molar-refractivity contribution in [3.63, 3.8) is 0 Å². The van der Waals surface area contributed by atoms with Gasteiger partial charge in [0.1, 0.15) is 0 Å². The van der Waals surface area contributed by atoms with Crippen molar-refractivity contribution in [2.24, 2.45) is 17.8 Å². The molecule has 94 valence electrons. The van der Waals surface area contributed by atoms with Gasteiger partial charge in [0.2, 0.25) is 0 Å². The Hall–Kier alpha value is 0.200. The first-order valence-electron chi connectivity index (χ1n) is 5.51. The first-order chi connectivity index (χ1) is 7.31. The number of phosphoric ester groups is 1. The van der Waals surface area contributed by atoms with Crippen LogP contribution in [0.5, 0.6) is 0 Å². The lowest BCUT2D eigenvalue weighted by Gasteiger charge is -2.35. The van der Waals surface area contributed by atoms with Crippen molar-refractivity contribution in [3.05, 3.63) is 0 Å². The number of hydrogen-bond acceptors (Lipinski definition) is 3. The Balaban J connectivity index is 2.64. The third-order valence-electron chi connectivity index (χ3n) is 3.16. The predicted molar refractivity (Wildman–Crippen MR) is 66.2 cm³/mol. The molecular formula is C10H19O4PS. The minimum atomic E-state index is -4.38. The van der Waals surface area contributed by atoms with Gasteiger partial charge in [0.25, 0.3) is 0 Å². The molecule has 0 radical (unpaired) electrons. The molecule has 0 heterocycles. The van der Waals surface area contributed by atoms with Crippen LogP contribution in [0.2, 0.25) is 0 Å². The molecule has 16 heavy (non-hydrogen) atoms. The molecule has 6 heteroatoms. The molecule has 3 atom stereocenters. The topological polar surface area (TPSA) is 66.8 Å². The van der Waals surface area contributed by atoms with Gasteiger partial charge in [0, 0.05) is 0 Å². The van der Waals surface area contributed by atoms with Crippen molar-refractivity contribution in [3.8, 4) is 0 Å². The third kappa shape index (κ3) is 4.60. The second-order valence-corrected chi connectivity index (χ2v) is 6.29. The van der Waals surface area contributed by atoms with Gasteiger partial charge in [-0.15, -0.1) is 0 Å². The largest absolute Gasteiger partial charge is 0.469 e. The molecule has 1 aliphatic rings. The van der Waals surface area contributed by atoms with Crippen LogP contribution in [0.25, 0.3) is 0 Å². The Kier molecular flexibility index (Phi) is 5.08. The van der Waals surface area contributed by atoms with Gasteiger partial charge in [-0.25, -0.2) is 4.57 Å². The van der Waals surface area contributed by atoms with Crippen molar-refractivity contribution in [2.75, 3.05) is 0 Å². The zero-order chi connectivity index (χ0) is 12.3. The van der Waals surface area contributed by atoms with E-state index in [4.69, 9.17) is 26.5 Å². The summed E-state index contributed by atoms with van der Waals surface area (Å²) >= 11 is 4.93. The van der Waals surface area contributed by atoms with Crippen LogP contribution in [0.15, 0.2) is 0 Å². The zero-order valence-corrected chi connectivity index (χ0v) is 11.3. The van der Waals surface area contributed by atoms with Crippen LogP contribution in [0.4, 0.5) is 0 Å². The lowest BCUT2D eigenvalue weighted by molar-refractivity contribution is 0.0627. The fraction of sp³-hybridized carbons (Fsp3) is 0.900. The SMILES string of the molecule is CC(C)[C@@H]1C[C@H](C=S)C[C@H](OP(=O)(O)O)C1. The second-order valence-electron chi connectivity index (χ2n) is 4.83. The summed E-state index contributed by atoms with van der Waals surface area (Å²) in [4.78, 5) is 17.6. The molecule has 0 saturated heterocycles. The average molecular weight is 266 g/mol. The molecule has 2 N–H and O–H groups in total. The van der Waals surface area contributed by atoms with Gasteiger partial charge in [0.15, 0.2) is 0 Å². The molecule has 1 fully saturated rings. The quantitative estimate of drug-likeness (QED) is 0.604. The van der Waals surface area contributed by atoms with Crippen molar-refractivity contribution in [1.29, 1.82) is 0 Å². The predicted octanol–water partition coefficient (Wildman–Crippen LogP) is 2.54. The fourth-order valence-electron chi connectivity index (χ4n) is 2.29. The summed E-state index contributed by atoms with van der Waals surface area (Å²) in [6.45, 7) is 4.23. The second kappa shape index (κ2) is 5.69. The molecule has 1 rings (SSSR count). The maximum atomic E-state index is 10.8. The maximum Gasteiger partial charge on any atom is 0.469 e. The van der Waals surface area contributed by atoms with E-state index in [2.05, 4.69) is 13.8 Å². The number of phosphoric acid groups is 1. The molecule has 1 aliphatic carbocycles. The number of rotatable bonds is 4. The van der Waals surface area contributed by atoms with E-state index in [0.717, 1.165) is 6.42 Å². The van der Waals surface area contributed by atoms with Gasteiger partial charge in [-0.05, 0) is 42.4 Å². The smallest absolute Gasteiger partial charge is 0.303 e. The summed E-state index contributed by atoms with van der Waals surface area (Å²) in [5, 5.41) is 1.70. The van der Waals surface area contributed by atoms with E-state index in [1.54, 1.807) is 5.37 Å². The minimum absolute atomic E-state index is 0.229. The highest BCUT2D eigenvalue weighted by atomic mass is 32.1. The maximum absolute atomic E-state index is 10.8. The van der Waals surface area contributed by atoms with E-state index in [9.17, 15) is 4.57 Å². The highest BCUT2D eigenvalue weighted by molar-refractivity contribution is 7.79. The van der Waals surface area contributed by atoms with Gasteiger partial charge in [-0.2, -0.15) is 0 Å². The summed E-state index contributed by atoms with van der Waals surface area (Å²) in [6.07, 6.45) is 1.97. The zero-order valence-electron chi connectivity index (χ0n) is 9.57. The first kappa shape index (κ1) is 14.3. The van der Waals surface area contributed by atoms with Crippen LogP contribution in [-0.2, 0) is 9.09 Å². The van der Waals surface area contributed by atoms with Crippen LogP contribution in [0, 0.1) is 17.8 Å². The molecule has 0 aromatic carbocycles. The van der Waals surface area contributed by atoms with E-state index in [1.165, 1.54) is 0 Å². The molecule has 4 nitrogen and oxygen atoms in total. The third-order valence-corrected chi connectivity index (χ3v) is 4.12. The van der Waals surface area contributed by atoms with E-state index in [-0.39, 0.29) is 12.0 Å². The van der Waals surface area contributed by atoms with E-state index in [0.29, 0.717) is 24.7 Å². The molecule has 0 bridgehead atoms. The van der Waals surface area contributed by atoms with E-state index in [1.807, 2.05) is 0 Å². The molecule has 1 saturated carbocycles. The van der Waals surface area contributed by atoms with E-state index < -0.39 is 7.82 Å². The lowest BCUT2D eigenvalue weighted by atomic mass is 9.75. The highest BCUT2D eigenvalue weighted by Crippen LogP contribution is 2.44. The Morgan fingerprint density at radius 3 is 2.44 bits per heavy atom. The first-order valence-corrected chi connectivity index (χ1v) is 7.51. The average Bonchev–Trinajstić information content (AvgIpc) is 2.14. The highest BCUT2D eigenvalue weighted by Gasteiger charge is 2.33. The Labute approximate surface area is 102 Å². The molecule has 0 aliphatic heterocycles. The summed E-state index contributed by atoms with van der Waals surface area (Å²) in [7, 11) is -4.38. The van der Waals surface area contributed by atoms with Crippen molar-refractivity contribution < 1.29 is 18.9 Å². The summed E-state index contributed by atoms with van der Waals surface area (Å²) in [5.41, 5.74) is 0. The van der Waals surface area contributed by atoms with Gasteiger partial charge in [0.05, 0.1) is 6.10 Å². The normalized spacial score (nSPS) is 31.7. The van der Waals surface area contributed by atoms with Crippen molar-refractivity contribution in [2.45, 2.75) is 39.2 Å². The molecule has 0 aromatic heterocycles. The van der Waals surface area contributed by atoms with Crippen LogP contribution in [0.3, 0.4) is 0 Å². The van der Waals surface area contributed by atoms with Crippen LogP contribution >= 0.6 is 20.0 Å². The molecular weight excluding hydrogens is 247 g/mol. The summed E-state index contributed by atoms with van der Waals surface area (Å²) in [5.74, 6) is 1.14. The standard InChI is InChI=1S/C10H19O4PS/c1-7(2)9-3-8(6-16)4-10(5-9)14-15(11,12)13/h6-10H,3-5H2,1-2H3,(H2,11,12,13)/t8-,9+,10-/m0/s1. The van der Waals surface area contributed by atoms with Crippen molar-refractivity contribution >= 4 is 25.4 Å². The van der Waals surface area contributed by atoms with Crippen LogP contribution in [-0.4, -0.2) is 21.3 Å². The van der Waals surface area contributed by atoms with Gasteiger partial charge >= 0.3 is 7.82 Å². The molecule has 0 spiro atoms. The van der Waals surface area contributed by atoms with Crippen molar-refractivity contribution in [1.82, 2.24) is 0 Å². The molecule has 0 amide bonds. The molecule has 0 unspecified atom stereocenters. The number of thiocarbonyl (C=S) groups is 1. The van der Waals surface area contributed by atoms with Gasteiger partial charge in [-0.3, -0.25) is 4.52 Å². The molecule has 0 aromatic rings. The minimum Gasteiger partial charge on any atom is -0.303 e. The van der Waals surface area contributed by atoms with E-state index >= 15 is 0 Å². The van der Waals surface area contributed by atoms with Gasteiger partial charge < -0.3 is 9.79 Å². The Morgan fingerprint density at radius 2 is 2.00 bits per heavy atom. The van der Waals surface area contributed by atoms with Crippen LogP contribution in [0.1, 0.15) is 33.1 Å². The van der Waals surface area contributed by atoms with Gasteiger partial charge in [-0.1, -0.05) is 26.1 Å². The fourth-order valence-corrected chi connectivity index (χ4v) is 3.07. The summed E-state index contributed by atoms with van der Waals surface area (Å²) < 4.78 is 15.6. The lowest BCUT2D eigenvalue weighted by Crippen LogP contribution is -2.30. The Morgan fingerprint density at radius 1 is 1.38 bits per heavy atom. The monoisotopic (exact) mass is 266 g/mol.